The Morgan fingerprint density at radius 2 is 1.71 bits per heavy atom. The van der Waals surface area contributed by atoms with E-state index in [-0.39, 0.29) is 6.10 Å². The lowest BCUT2D eigenvalue weighted by atomic mass is 10.5. The van der Waals surface area contributed by atoms with Crippen molar-refractivity contribution in [3.05, 3.63) is 0 Å². The lowest BCUT2D eigenvalue weighted by molar-refractivity contribution is 0.0627. The van der Waals surface area contributed by atoms with Crippen LogP contribution in [0.5, 0.6) is 0 Å². The summed E-state index contributed by atoms with van der Waals surface area (Å²) in [4.78, 5) is 0. The van der Waals surface area contributed by atoms with Crippen LogP contribution in [0.25, 0.3) is 0 Å². The summed E-state index contributed by atoms with van der Waals surface area (Å²) < 4.78 is 22.1. The van der Waals surface area contributed by atoms with Gasteiger partial charge in [0.25, 0.3) is 0 Å². The molecular weight excluding hydrogens is 200 g/mol. The fraction of sp³-hybridized carbons (Fsp3) is 1.00. The maximum atomic E-state index is 5.75. The molecule has 1 atom stereocenters. The van der Waals surface area contributed by atoms with Crippen molar-refractivity contribution in [3.8, 4) is 0 Å². The molecule has 0 aromatic rings. The van der Waals surface area contributed by atoms with Crippen molar-refractivity contribution in [2.75, 3.05) is 26.4 Å². The first-order chi connectivity index (χ1) is 6.76. The molecule has 1 unspecified atom stereocenters. The molecule has 0 spiro atoms. The van der Waals surface area contributed by atoms with Gasteiger partial charge in [-0.15, -0.1) is 0 Å². The molecule has 1 aliphatic heterocycles. The Morgan fingerprint density at radius 1 is 1.14 bits per heavy atom. The summed E-state index contributed by atoms with van der Waals surface area (Å²) in [5.74, 6) is 0. The van der Waals surface area contributed by atoms with Crippen LogP contribution in [0, 0.1) is 0 Å². The summed E-state index contributed by atoms with van der Waals surface area (Å²) in [6.45, 7) is 8.69. The molecule has 1 aliphatic rings. The third-order valence-electron chi connectivity index (χ3n) is 2.05. The number of ether oxygens (including phenoxy) is 1. The van der Waals surface area contributed by atoms with Gasteiger partial charge in [-0.2, -0.15) is 0 Å². The normalized spacial score (nSPS) is 21.2. The van der Waals surface area contributed by atoms with Gasteiger partial charge in [-0.05, 0) is 13.8 Å². The topological polar surface area (TPSA) is 40.2 Å². The first-order valence-electron chi connectivity index (χ1n) is 5.29. The van der Waals surface area contributed by atoms with E-state index in [0.29, 0.717) is 19.8 Å². The third kappa shape index (κ3) is 3.66. The Kier molecular flexibility index (Phi) is 5.04. The lowest BCUT2D eigenvalue weighted by Gasteiger charge is -2.27. The van der Waals surface area contributed by atoms with E-state index in [1.54, 1.807) is 0 Å². The van der Waals surface area contributed by atoms with Gasteiger partial charge in [0.2, 0.25) is 0 Å². The summed E-state index contributed by atoms with van der Waals surface area (Å²) in [7, 11) is -2.37. The van der Waals surface area contributed by atoms with Crippen LogP contribution in [0.3, 0.4) is 0 Å². The van der Waals surface area contributed by atoms with Gasteiger partial charge in [-0.3, -0.25) is 0 Å². The molecule has 0 aromatic heterocycles. The molecule has 4 nitrogen and oxygen atoms in total. The summed E-state index contributed by atoms with van der Waals surface area (Å²) in [6, 6.07) is 0.821. The summed E-state index contributed by atoms with van der Waals surface area (Å²) >= 11 is 0. The third-order valence-corrected chi connectivity index (χ3v) is 4.98. The summed E-state index contributed by atoms with van der Waals surface area (Å²) in [5.41, 5.74) is 0. The largest absolute Gasteiger partial charge is 0.500 e. The SMILES string of the molecule is CCO[Si](CC)(OCC)OCC1CO1. The smallest absolute Gasteiger partial charge is 0.374 e. The minimum Gasteiger partial charge on any atom is -0.374 e. The molecule has 84 valence electrons. The molecule has 1 fully saturated rings. The second kappa shape index (κ2) is 5.82. The van der Waals surface area contributed by atoms with E-state index in [1.165, 1.54) is 0 Å². The van der Waals surface area contributed by atoms with Crippen molar-refractivity contribution in [1.82, 2.24) is 0 Å². The fourth-order valence-electron chi connectivity index (χ4n) is 1.26. The Balaban J connectivity index is 2.37. The lowest BCUT2D eigenvalue weighted by Crippen LogP contribution is -2.46. The Hall–Kier alpha value is 0.0569. The fourth-order valence-corrected chi connectivity index (χ4v) is 3.44. The van der Waals surface area contributed by atoms with Gasteiger partial charge in [0.05, 0.1) is 13.2 Å². The van der Waals surface area contributed by atoms with Crippen LogP contribution in [0.15, 0.2) is 0 Å². The number of hydrogen-bond acceptors (Lipinski definition) is 4. The molecule has 14 heavy (non-hydrogen) atoms. The first-order valence-corrected chi connectivity index (χ1v) is 7.23. The quantitative estimate of drug-likeness (QED) is 0.458. The van der Waals surface area contributed by atoms with Crippen LogP contribution in [0.1, 0.15) is 20.8 Å². The molecule has 0 aromatic carbocycles. The molecule has 0 aliphatic carbocycles. The molecule has 0 N–H and O–H groups in total. The van der Waals surface area contributed by atoms with Gasteiger partial charge >= 0.3 is 8.80 Å². The van der Waals surface area contributed by atoms with Gasteiger partial charge in [0, 0.05) is 19.3 Å². The van der Waals surface area contributed by atoms with Crippen LogP contribution < -0.4 is 0 Å². The van der Waals surface area contributed by atoms with E-state index in [9.17, 15) is 0 Å². The standard InChI is InChI=1S/C9H20O4Si/c1-4-11-14(6-3,12-5-2)13-8-9-7-10-9/h9H,4-8H2,1-3H3. The summed E-state index contributed by atoms with van der Waals surface area (Å²) in [5, 5.41) is 0. The van der Waals surface area contributed by atoms with E-state index in [4.69, 9.17) is 18.0 Å². The minimum atomic E-state index is -2.37. The van der Waals surface area contributed by atoms with Crippen molar-refractivity contribution in [2.45, 2.75) is 32.9 Å². The molecule has 0 radical (unpaired) electrons. The van der Waals surface area contributed by atoms with Crippen LogP contribution in [-0.4, -0.2) is 41.3 Å². The number of hydrogen-bond donors (Lipinski definition) is 0. The van der Waals surface area contributed by atoms with E-state index in [0.717, 1.165) is 12.7 Å². The van der Waals surface area contributed by atoms with Crippen LogP contribution >= 0.6 is 0 Å². The molecule has 1 saturated heterocycles. The van der Waals surface area contributed by atoms with E-state index < -0.39 is 8.80 Å². The summed E-state index contributed by atoms with van der Waals surface area (Å²) in [6.07, 6.45) is 0.273. The molecule has 1 heterocycles. The first kappa shape index (κ1) is 12.1. The van der Waals surface area contributed by atoms with Gasteiger partial charge in [-0.25, -0.2) is 0 Å². The molecular formula is C9H20O4Si. The maximum Gasteiger partial charge on any atom is 0.500 e. The second-order valence-electron chi connectivity index (χ2n) is 3.17. The predicted octanol–water partition coefficient (Wildman–Crippen LogP) is 1.43. The number of rotatable bonds is 8. The molecule has 0 saturated carbocycles. The van der Waals surface area contributed by atoms with Gasteiger partial charge in [0.15, 0.2) is 0 Å². The highest BCUT2D eigenvalue weighted by atomic mass is 28.4. The Labute approximate surface area is 86.9 Å². The van der Waals surface area contributed by atoms with Crippen molar-refractivity contribution >= 4 is 8.80 Å². The zero-order valence-corrected chi connectivity index (χ0v) is 10.2. The molecule has 5 heteroatoms. The predicted molar refractivity (Wildman–Crippen MR) is 55.2 cm³/mol. The van der Waals surface area contributed by atoms with Gasteiger partial charge in [-0.1, -0.05) is 6.92 Å². The van der Waals surface area contributed by atoms with Crippen LogP contribution in [0.4, 0.5) is 0 Å². The molecule has 0 bridgehead atoms. The highest BCUT2D eigenvalue weighted by Crippen LogP contribution is 2.18. The zero-order chi connectivity index (χ0) is 10.4. The van der Waals surface area contributed by atoms with Crippen LogP contribution in [0.2, 0.25) is 6.04 Å². The monoisotopic (exact) mass is 220 g/mol. The van der Waals surface area contributed by atoms with Crippen molar-refractivity contribution in [3.63, 3.8) is 0 Å². The molecule has 0 amide bonds. The zero-order valence-electron chi connectivity index (χ0n) is 9.25. The highest BCUT2D eigenvalue weighted by Gasteiger charge is 2.40. The van der Waals surface area contributed by atoms with Crippen molar-refractivity contribution in [2.24, 2.45) is 0 Å². The van der Waals surface area contributed by atoms with Gasteiger partial charge < -0.3 is 18.0 Å². The average molecular weight is 220 g/mol. The second-order valence-corrected chi connectivity index (χ2v) is 6.11. The van der Waals surface area contributed by atoms with E-state index in [2.05, 4.69) is 0 Å². The Bertz CT molecular complexity index is 155. The average Bonchev–Trinajstić information content (AvgIpc) is 2.98. The van der Waals surface area contributed by atoms with Crippen molar-refractivity contribution in [1.29, 1.82) is 0 Å². The van der Waals surface area contributed by atoms with E-state index >= 15 is 0 Å². The maximum absolute atomic E-state index is 5.75. The number of epoxide rings is 1. The Morgan fingerprint density at radius 3 is 2.07 bits per heavy atom. The minimum absolute atomic E-state index is 0.273. The van der Waals surface area contributed by atoms with Crippen LogP contribution in [-0.2, 0) is 18.0 Å². The highest BCUT2D eigenvalue weighted by molar-refractivity contribution is 6.60. The van der Waals surface area contributed by atoms with E-state index in [1.807, 2.05) is 20.8 Å². The molecule has 1 rings (SSSR count). The van der Waals surface area contributed by atoms with Crippen molar-refractivity contribution < 1.29 is 18.0 Å². The van der Waals surface area contributed by atoms with Gasteiger partial charge in [0.1, 0.15) is 6.10 Å².